The standard InChI is InChI=1S/C26H23ClN4O2S/c1-16-6-4-9-19(12-16)28-23(32)15-34-26-30-24-21(13-17-7-2-3-11-22(17)29-24)25(33)31(26)20-10-5-8-18(27)14-20/h4-6,8-10,12-14H,2-3,7,11,15H2,1H3,(H,28,32). The molecule has 2 heterocycles. The van der Waals surface area contributed by atoms with E-state index in [4.69, 9.17) is 21.6 Å². The van der Waals surface area contributed by atoms with Crippen LogP contribution in [0.2, 0.25) is 5.02 Å². The summed E-state index contributed by atoms with van der Waals surface area (Å²) in [6, 6.07) is 16.6. The van der Waals surface area contributed by atoms with Gasteiger partial charge in [0.2, 0.25) is 5.91 Å². The van der Waals surface area contributed by atoms with Gasteiger partial charge in [-0.25, -0.2) is 9.97 Å². The molecule has 4 aromatic rings. The minimum Gasteiger partial charge on any atom is -0.325 e. The quantitative estimate of drug-likeness (QED) is 0.301. The zero-order valence-corrected chi connectivity index (χ0v) is 20.2. The molecule has 0 unspecified atom stereocenters. The van der Waals surface area contributed by atoms with Gasteiger partial charge in [0.25, 0.3) is 5.56 Å². The van der Waals surface area contributed by atoms with Gasteiger partial charge in [-0.2, -0.15) is 0 Å². The fourth-order valence-corrected chi connectivity index (χ4v) is 5.19. The number of hydrogen-bond acceptors (Lipinski definition) is 5. The summed E-state index contributed by atoms with van der Waals surface area (Å²) < 4.78 is 1.52. The number of aryl methyl sites for hydroxylation is 3. The minimum atomic E-state index is -0.213. The van der Waals surface area contributed by atoms with Crippen LogP contribution in [0.5, 0.6) is 0 Å². The number of amides is 1. The van der Waals surface area contributed by atoms with Crippen molar-refractivity contribution in [2.45, 2.75) is 37.8 Å². The first-order chi connectivity index (χ1) is 16.5. The fourth-order valence-electron chi connectivity index (χ4n) is 4.20. The molecule has 2 aromatic heterocycles. The van der Waals surface area contributed by atoms with E-state index in [9.17, 15) is 9.59 Å². The number of nitrogens with one attached hydrogen (secondary N) is 1. The first-order valence-corrected chi connectivity index (χ1v) is 12.5. The van der Waals surface area contributed by atoms with E-state index in [1.54, 1.807) is 18.2 Å². The van der Waals surface area contributed by atoms with Gasteiger partial charge in [-0.3, -0.25) is 14.2 Å². The van der Waals surface area contributed by atoms with E-state index < -0.39 is 0 Å². The van der Waals surface area contributed by atoms with Crippen molar-refractivity contribution in [3.8, 4) is 5.69 Å². The molecule has 5 rings (SSSR count). The van der Waals surface area contributed by atoms with E-state index in [2.05, 4.69) is 5.32 Å². The highest BCUT2D eigenvalue weighted by Crippen LogP contribution is 2.26. The van der Waals surface area contributed by atoms with Crippen LogP contribution in [0.15, 0.2) is 64.5 Å². The summed E-state index contributed by atoms with van der Waals surface area (Å²) >= 11 is 7.43. The topological polar surface area (TPSA) is 76.9 Å². The van der Waals surface area contributed by atoms with E-state index in [0.29, 0.717) is 26.9 Å². The molecule has 0 bridgehead atoms. The molecule has 34 heavy (non-hydrogen) atoms. The lowest BCUT2D eigenvalue weighted by molar-refractivity contribution is -0.113. The van der Waals surface area contributed by atoms with Gasteiger partial charge in [0.05, 0.1) is 16.8 Å². The van der Waals surface area contributed by atoms with Gasteiger partial charge >= 0.3 is 0 Å². The number of anilines is 1. The van der Waals surface area contributed by atoms with Crippen molar-refractivity contribution in [1.29, 1.82) is 0 Å². The Kier molecular flexibility index (Phi) is 6.39. The molecule has 0 saturated heterocycles. The molecule has 0 atom stereocenters. The number of hydrogen-bond donors (Lipinski definition) is 1. The summed E-state index contributed by atoms with van der Waals surface area (Å²) in [5.74, 6) is -0.0850. The Hall–Kier alpha value is -3.16. The number of thioether (sulfide) groups is 1. The van der Waals surface area contributed by atoms with Gasteiger partial charge in [0.1, 0.15) is 0 Å². The highest BCUT2D eigenvalue weighted by atomic mass is 35.5. The number of nitrogens with zero attached hydrogens (tertiary/aromatic N) is 3. The van der Waals surface area contributed by atoms with E-state index >= 15 is 0 Å². The first-order valence-electron chi connectivity index (χ1n) is 11.2. The van der Waals surface area contributed by atoms with Gasteiger partial charge in [0, 0.05) is 16.4 Å². The fraction of sp³-hybridized carbons (Fsp3) is 0.231. The Morgan fingerprint density at radius 2 is 1.91 bits per heavy atom. The van der Waals surface area contributed by atoms with E-state index in [1.807, 2.05) is 43.3 Å². The number of halogens is 1. The molecule has 1 amide bonds. The molecule has 0 saturated carbocycles. The van der Waals surface area contributed by atoms with Crippen LogP contribution < -0.4 is 10.9 Å². The maximum Gasteiger partial charge on any atom is 0.268 e. The van der Waals surface area contributed by atoms with Crippen molar-refractivity contribution >= 4 is 46.0 Å². The van der Waals surface area contributed by atoms with Crippen molar-refractivity contribution in [2.75, 3.05) is 11.1 Å². The van der Waals surface area contributed by atoms with Crippen LogP contribution in [-0.2, 0) is 17.6 Å². The SMILES string of the molecule is Cc1cccc(NC(=O)CSc2nc3nc4c(cc3c(=O)n2-c2cccc(Cl)c2)CCCC4)c1. The third-order valence-corrected chi connectivity index (χ3v) is 6.98. The molecule has 172 valence electrons. The summed E-state index contributed by atoms with van der Waals surface area (Å²) in [6.07, 6.45) is 4.00. The normalized spacial score (nSPS) is 13.0. The molecule has 1 aliphatic carbocycles. The second-order valence-electron chi connectivity index (χ2n) is 8.39. The van der Waals surface area contributed by atoms with Gasteiger partial charge < -0.3 is 5.32 Å². The van der Waals surface area contributed by atoms with Crippen LogP contribution in [0.4, 0.5) is 5.69 Å². The molecule has 8 heteroatoms. The third-order valence-electron chi connectivity index (χ3n) is 5.81. The highest BCUT2D eigenvalue weighted by Gasteiger charge is 2.19. The van der Waals surface area contributed by atoms with E-state index in [-0.39, 0.29) is 17.2 Å². The van der Waals surface area contributed by atoms with Gasteiger partial charge in [-0.05, 0) is 80.1 Å². The molecule has 1 N–H and O–H groups in total. The molecule has 6 nitrogen and oxygen atoms in total. The molecule has 0 aliphatic heterocycles. The van der Waals surface area contributed by atoms with Gasteiger partial charge in [-0.15, -0.1) is 0 Å². The first kappa shape index (κ1) is 22.6. The van der Waals surface area contributed by atoms with Crippen LogP contribution in [0.3, 0.4) is 0 Å². The number of rotatable bonds is 5. The minimum absolute atomic E-state index is 0.0946. The molecule has 2 aromatic carbocycles. The van der Waals surface area contributed by atoms with E-state index in [0.717, 1.165) is 48.2 Å². The number of aromatic nitrogens is 3. The van der Waals surface area contributed by atoms with Crippen LogP contribution >= 0.6 is 23.4 Å². The molecular formula is C26H23ClN4O2S. The Balaban J connectivity index is 1.54. The van der Waals surface area contributed by atoms with Crippen LogP contribution in [0, 0.1) is 6.92 Å². The Morgan fingerprint density at radius 3 is 2.74 bits per heavy atom. The molecule has 0 fully saturated rings. The number of pyridine rings is 1. The maximum absolute atomic E-state index is 13.6. The second kappa shape index (κ2) is 9.60. The van der Waals surface area contributed by atoms with Crippen LogP contribution in [-0.4, -0.2) is 26.2 Å². The Labute approximate surface area is 206 Å². The van der Waals surface area contributed by atoms with Crippen molar-refractivity contribution in [3.05, 3.63) is 86.8 Å². The van der Waals surface area contributed by atoms with Crippen molar-refractivity contribution in [3.63, 3.8) is 0 Å². The predicted molar refractivity (Wildman–Crippen MR) is 137 cm³/mol. The lowest BCUT2D eigenvalue weighted by atomic mass is 9.95. The summed E-state index contributed by atoms with van der Waals surface area (Å²) in [5, 5.41) is 4.30. The second-order valence-corrected chi connectivity index (χ2v) is 9.77. The zero-order chi connectivity index (χ0) is 23.7. The summed E-state index contributed by atoms with van der Waals surface area (Å²) in [7, 11) is 0. The smallest absolute Gasteiger partial charge is 0.268 e. The predicted octanol–water partition coefficient (Wildman–Crippen LogP) is 5.35. The molecule has 1 aliphatic rings. The molecule has 0 spiro atoms. The molecular weight excluding hydrogens is 468 g/mol. The maximum atomic E-state index is 13.6. The number of carbonyl (C=O) groups is 1. The summed E-state index contributed by atoms with van der Waals surface area (Å²) in [5.41, 5.74) is 4.74. The van der Waals surface area contributed by atoms with Gasteiger partial charge in [0.15, 0.2) is 10.8 Å². The highest BCUT2D eigenvalue weighted by molar-refractivity contribution is 7.99. The average molecular weight is 491 g/mol. The largest absolute Gasteiger partial charge is 0.325 e. The number of fused-ring (bicyclic) bond motifs is 2. The lowest BCUT2D eigenvalue weighted by Gasteiger charge is -2.17. The Morgan fingerprint density at radius 1 is 1.09 bits per heavy atom. The lowest BCUT2D eigenvalue weighted by Crippen LogP contribution is -2.24. The molecule has 0 radical (unpaired) electrons. The zero-order valence-electron chi connectivity index (χ0n) is 18.7. The number of carbonyl (C=O) groups excluding carboxylic acids is 1. The van der Waals surface area contributed by atoms with Crippen LogP contribution in [0.1, 0.15) is 29.7 Å². The number of benzene rings is 2. The van der Waals surface area contributed by atoms with Crippen molar-refractivity contribution in [1.82, 2.24) is 14.5 Å². The van der Waals surface area contributed by atoms with E-state index in [1.165, 1.54) is 16.3 Å². The van der Waals surface area contributed by atoms with Crippen molar-refractivity contribution in [2.24, 2.45) is 0 Å². The Bertz CT molecular complexity index is 1470. The van der Waals surface area contributed by atoms with Crippen molar-refractivity contribution < 1.29 is 4.79 Å². The van der Waals surface area contributed by atoms with Crippen LogP contribution in [0.25, 0.3) is 16.7 Å². The average Bonchev–Trinajstić information content (AvgIpc) is 2.82. The summed E-state index contributed by atoms with van der Waals surface area (Å²) in [4.78, 5) is 35.8. The monoisotopic (exact) mass is 490 g/mol. The van der Waals surface area contributed by atoms with Gasteiger partial charge in [-0.1, -0.05) is 41.6 Å². The summed E-state index contributed by atoms with van der Waals surface area (Å²) in [6.45, 7) is 1.97. The third kappa shape index (κ3) is 4.72.